The molecule has 0 N–H and O–H groups in total. The van der Waals surface area contributed by atoms with Crippen molar-refractivity contribution in [3.05, 3.63) is 24.0 Å². The van der Waals surface area contributed by atoms with Crippen LogP contribution in [0.5, 0.6) is 0 Å². The second kappa shape index (κ2) is 6.41. The van der Waals surface area contributed by atoms with E-state index in [4.69, 9.17) is 4.74 Å². The van der Waals surface area contributed by atoms with Gasteiger partial charge in [-0.25, -0.2) is 0 Å². The van der Waals surface area contributed by atoms with Crippen molar-refractivity contribution < 1.29 is 9.53 Å². The molecule has 0 unspecified atom stereocenters. The number of hydrogen-bond acceptors (Lipinski definition) is 5. The second-order valence-corrected chi connectivity index (χ2v) is 7.78. The highest BCUT2D eigenvalue weighted by Gasteiger charge is 2.51. The van der Waals surface area contributed by atoms with Gasteiger partial charge in [0.25, 0.3) is 5.91 Å². The quantitative estimate of drug-likeness (QED) is 0.818. The van der Waals surface area contributed by atoms with Crippen LogP contribution in [0, 0.1) is 11.8 Å². The van der Waals surface area contributed by atoms with E-state index in [1.165, 1.54) is 19.3 Å². The molecular weight excluding hydrogens is 304 g/mol. The number of rotatable bonds is 5. The van der Waals surface area contributed by atoms with Crippen molar-refractivity contribution in [2.75, 3.05) is 39.9 Å². The van der Waals surface area contributed by atoms with Crippen LogP contribution < -0.4 is 0 Å². The van der Waals surface area contributed by atoms with E-state index in [-0.39, 0.29) is 11.4 Å². The summed E-state index contributed by atoms with van der Waals surface area (Å²) in [5, 5.41) is 7.54. The van der Waals surface area contributed by atoms with Gasteiger partial charge < -0.3 is 9.64 Å². The highest BCUT2D eigenvalue weighted by molar-refractivity contribution is 5.94. The predicted molar refractivity (Wildman–Crippen MR) is 89.6 cm³/mol. The molecule has 1 amide bonds. The lowest BCUT2D eigenvalue weighted by Crippen LogP contribution is -2.72. The summed E-state index contributed by atoms with van der Waals surface area (Å²) in [5.74, 6) is 1.52. The van der Waals surface area contributed by atoms with Crippen molar-refractivity contribution in [1.29, 1.82) is 0 Å². The van der Waals surface area contributed by atoms with Gasteiger partial charge in [-0.05, 0) is 57.2 Å². The fourth-order valence-corrected chi connectivity index (χ4v) is 4.01. The molecule has 0 bridgehead atoms. The van der Waals surface area contributed by atoms with Gasteiger partial charge in [-0.15, -0.1) is 0 Å². The van der Waals surface area contributed by atoms with Gasteiger partial charge in [-0.1, -0.05) is 0 Å². The van der Waals surface area contributed by atoms with Crippen molar-refractivity contribution in [1.82, 2.24) is 20.0 Å². The Balaban J connectivity index is 1.32. The Labute approximate surface area is 143 Å². The number of carbonyl (C=O) groups excluding carboxylic acids is 1. The molecule has 2 saturated heterocycles. The third-order valence-corrected chi connectivity index (χ3v) is 5.84. The van der Waals surface area contributed by atoms with Gasteiger partial charge in [0.15, 0.2) is 0 Å². The summed E-state index contributed by atoms with van der Waals surface area (Å²) >= 11 is 0. The van der Waals surface area contributed by atoms with Crippen molar-refractivity contribution in [2.24, 2.45) is 11.8 Å². The standard InChI is InChI=1S/C18H26N4O2/c1-21-7-5-15(11-24-10-14-2-3-14)8-18(21)12-22(13-18)17(23)16-4-6-19-20-9-16/h4,6,9,14-15H,2-3,5,7-8,10-13H2,1H3/t15-/m1/s1. The van der Waals surface area contributed by atoms with Crippen LogP contribution in [0.3, 0.4) is 0 Å². The van der Waals surface area contributed by atoms with Crippen molar-refractivity contribution in [2.45, 2.75) is 31.2 Å². The fraction of sp³-hybridized carbons (Fsp3) is 0.722. The average Bonchev–Trinajstić information content (AvgIpc) is 3.39. The summed E-state index contributed by atoms with van der Waals surface area (Å²) in [6.07, 6.45) is 8.14. The molecule has 1 aromatic rings. The third-order valence-electron chi connectivity index (χ3n) is 5.84. The molecule has 4 rings (SSSR count). The van der Waals surface area contributed by atoms with E-state index in [2.05, 4.69) is 22.1 Å². The molecule has 2 aliphatic heterocycles. The molecule has 24 heavy (non-hydrogen) atoms. The normalized spacial score (nSPS) is 26.4. The minimum Gasteiger partial charge on any atom is -0.381 e. The maximum Gasteiger partial charge on any atom is 0.255 e. The zero-order valence-electron chi connectivity index (χ0n) is 14.4. The summed E-state index contributed by atoms with van der Waals surface area (Å²) in [6, 6.07) is 1.74. The van der Waals surface area contributed by atoms with Crippen LogP contribution in [0.4, 0.5) is 0 Å². The van der Waals surface area contributed by atoms with E-state index >= 15 is 0 Å². The maximum atomic E-state index is 12.5. The Hall–Kier alpha value is -1.53. The van der Waals surface area contributed by atoms with E-state index in [9.17, 15) is 4.79 Å². The Kier molecular flexibility index (Phi) is 4.26. The van der Waals surface area contributed by atoms with Gasteiger partial charge in [0.2, 0.25) is 0 Å². The molecule has 1 aliphatic carbocycles. The largest absolute Gasteiger partial charge is 0.381 e. The number of piperidine rings is 1. The molecule has 6 nitrogen and oxygen atoms in total. The number of amides is 1. The van der Waals surface area contributed by atoms with E-state index in [0.717, 1.165) is 45.2 Å². The molecule has 6 heteroatoms. The smallest absolute Gasteiger partial charge is 0.255 e. The first kappa shape index (κ1) is 16.0. The summed E-state index contributed by atoms with van der Waals surface area (Å²) < 4.78 is 5.92. The second-order valence-electron chi connectivity index (χ2n) is 7.78. The molecular formula is C18H26N4O2. The van der Waals surface area contributed by atoms with E-state index in [0.29, 0.717) is 11.5 Å². The minimum atomic E-state index is 0.0658. The molecule has 130 valence electrons. The first-order chi connectivity index (χ1) is 11.7. The third kappa shape index (κ3) is 3.17. The molecule has 0 radical (unpaired) electrons. The predicted octanol–water partition coefficient (Wildman–Crippen LogP) is 1.44. The lowest BCUT2D eigenvalue weighted by molar-refractivity contribution is -0.0761. The molecule has 3 aliphatic rings. The number of hydrogen-bond donors (Lipinski definition) is 0. The number of likely N-dealkylation sites (tertiary alicyclic amines) is 2. The lowest BCUT2D eigenvalue weighted by atomic mass is 9.75. The molecule has 1 spiro atoms. The van der Waals surface area contributed by atoms with Crippen LogP contribution in [0.2, 0.25) is 0 Å². The van der Waals surface area contributed by atoms with Gasteiger partial charge >= 0.3 is 0 Å². The van der Waals surface area contributed by atoms with Crippen molar-refractivity contribution in [3.63, 3.8) is 0 Å². The zero-order chi connectivity index (χ0) is 16.6. The van der Waals surface area contributed by atoms with Gasteiger partial charge in [-0.2, -0.15) is 10.2 Å². The number of likely N-dealkylation sites (N-methyl/N-ethyl adjacent to an activating group) is 1. The average molecular weight is 330 g/mol. The van der Waals surface area contributed by atoms with E-state index in [1.807, 2.05) is 4.90 Å². The molecule has 3 fully saturated rings. The summed E-state index contributed by atoms with van der Waals surface area (Å²) in [6.45, 7) is 4.54. The number of ether oxygens (including phenoxy) is 1. The number of nitrogens with zero attached hydrogens (tertiary/aromatic N) is 4. The first-order valence-electron chi connectivity index (χ1n) is 9.01. The summed E-state index contributed by atoms with van der Waals surface area (Å²) in [4.78, 5) is 16.9. The van der Waals surface area contributed by atoms with Crippen LogP contribution >= 0.6 is 0 Å². The van der Waals surface area contributed by atoms with Gasteiger partial charge in [0.05, 0.1) is 23.5 Å². The van der Waals surface area contributed by atoms with Crippen LogP contribution in [0.15, 0.2) is 18.5 Å². The van der Waals surface area contributed by atoms with Crippen LogP contribution in [0.1, 0.15) is 36.0 Å². The van der Waals surface area contributed by atoms with Crippen molar-refractivity contribution >= 4 is 5.91 Å². The SMILES string of the molecule is CN1CC[C@@H](COCC2CC2)CC12CN(C(=O)c1ccnnc1)C2. The highest BCUT2D eigenvalue weighted by Crippen LogP contribution is 2.39. The van der Waals surface area contributed by atoms with E-state index < -0.39 is 0 Å². The number of carbonyl (C=O) groups is 1. The van der Waals surface area contributed by atoms with Crippen LogP contribution in [-0.4, -0.2) is 71.3 Å². The first-order valence-corrected chi connectivity index (χ1v) is 9.01. The summed E-state index contributed by atoms with van der Waals surface area (Å²) in [7, 11) is 2.19. The Morgan fingerprint density at radius 2 is 2.04 bits per heavy atom. The topological polar surface area (TPSA) is 58.6 Å². The van der Waals surface area contributed by atoms with Crippen molar-refractivity contribution in [3.8, 4) is 0 Å². The monoisotopic (exact) mass is 330 g/mol. The highest BCUT2D eigenvalue weighted by atomic mass is 16.5. The maximum absolute atomic E-state index is 12.5. The fourth-order valence-electron chi connectivity index (χ4n) is 4.01. The number of aromatic nitrogens is 2. The zero-order valence-corrected chi connectivity index (χ0v) is 14.4. The molecule has 0 aromatic carbocycles. The van der Waals surface area contributed by atoms with Gasteiger partial charge in [0, 0.05) is 26.3 Å². The Bertz CT molecular complexity index is 584. The Morgan fingerprint density at radius 1 is 1.25 bits per heavy atom. The van der Waals surface area contributed by atoms with Crippen LogP contribution in [0.25, 0.3) is 0 Å². The molecule has 1 saturated carbocycles. The Morgan fingerprint density at radius 3 is 2.75 bits per heavy atom. The lowest BCUT2D eigenvalue weighted by Gasteiger charge is -2.58. The summed E-state index contributed by atoms with van der Waals surface area (Å²) in [5.41, 5.74) is 0.768. The van der Waals surface area contributed by atoms with Gasteiger partial charge in [0.1, 0.15) is 0 Å². The molecule has 1 atom stereocenters. The molecule has 3 heterocycles. The van der Waals surface area contributed by atoms with Crippen LogP contribution in [-0.2, 0) is 4.74 Å². The molecule has 1 aromatic heterocycles. The van der Waals surface area contributed by atoms with E-state index in [1.54, 1.807) is 18.5 Å². The minimum absolute atomic E-state index is 0.0658. The van der Waals surface area contributed by atoms with Gasteiger partial charge in [-0.3, -0.25) is 9.69 Å².